The highest BCUT2D eigenvalue weighted by Gasteiger charge is 2.38. The van der Waals surface area contributed by atoms with E-state index in [4.69, 9.17) is 4.74 Å². The van der Waals surface area contributed by atoms with Gasteiger partial charge in [0.25, 0.3) is 5.91 Å². The first-order valence-electron chi connectivity index (χ1n) is 12.3. The lowest BCUT2D eigenvalue weighted by atomic mass is 10.0. The Hall–Kier alpha value is -3.86. The Morgan fingerprint density at radius 1 is 0.889 bits per heavy atom. The highest BCUT2D eigenvalue weighted by Crippen LogP contribution is 2.37. The number of carbonyl (C=O) groups excluding carboxylic acids is 2. The van der Waals surface area contributed by atoms with Gasteiger partial charge in [-0.1, -0.05) is 23.8 Å². The lowest BCUT2D eigenvalue weighted by Gasteiger charge is -2.19. The number of anilines is 1. The third-order valence-electron chi connectivity index (χ3n) is 6.99. The van der Waals surface area contributed by atoms with Crippen molar-refractivity contribution in [3.05, 3.63) is 98.5 Å². The van der Waals surface area contributed by atoms with Crippen LogP contribution < -0.4 is 4.90 Å². The number of esters is 1. The van der Waals surface area contributed by atoms with Gasteiger partial charge in [0.2, 0.25) is 0 Å². The van der Waals surface area contributed by atoms with Crippen LogP contribution in [-0.4, -0.2) is 23.1 Å². The van der Waals surface area contributed by atoms with Crippen molar-refractivity contribution in [2.45, 2.75) is 55.4 Å². The van der Waals surface area contributed by atoms with E-state index in [0.717, 1.165) is 39.5 Å². The lowest BCUT2D eigenvalue weighted by Crippen LogP contribution is -2.24. The summed E-state index contributed by atoms with van der Waals surface area (Å²) in [5, 5.41) is 0. The molecule has 0 unspecified atom stereocenters. The average molecular weight is 483 g/mol. The highest BCUT2D eigenvalue weighted by atomic mass is 16.5. The average Bonchev–Trinajstić information content (AvgIpc) is 3.22. The molecule has 4 rings (SSSR count). The van der Waals surface area contributed by atoms with Crippen LogP contribution >= 0.6 is 0 Å². The number of amides is 1. The molecule has 0 spiro atoms. The van der Waals surface area contributed by atoms with Crippen molar-refractivity contribution in [2.75, 3.05) is 11.5 Å². The number of allylic oxidation sites excluding steroid dienone is 1. The van der Waals surface area contributed by atoms with E-state index in [1.165, 1.54) is 11.1 Å². The van der Waals surface area contributed by atoms with Crippen LogP contribution in [0.1, 0.15) is 53.1 Å². The van der Waals surface area contributed by atoms with Gasteiger partial charge in [0.15, 0.2) is 0 Å². The number of aryl methyl sites for hydroxylation is 5. The van der Waals surface area contributed by atoms with Gasteiger partial charge >= 0.3 is 5.97 Å². The molecule has 0 bridgehead atoms. The molecular weight excluding hydrogens is 448 g/mol. The lowest BCUT2D eigenvalue weighted by molar-refractivity contribution is -0.138. The fraction of sp³-hybridized carbons (Fsp3) is 0.290. The fourth-order valence-electron chi connectivity index (χ4n) is 4.97. The molecule has 1 amide bonds. The third kappa shape index (κ3) is 4.30. The summed E-state index contributed by atoms with van der Waals surface area (Å²) >= 11 is 0. The van der Waals surface area contributed by atoms with E-state index in [1.54, 1.807) is 18.7 Å². The monoisotopic (exact) mass is 482 g/mol. The van der Waals surface area contributed by atoms with Crippen LogP contribution in [0.25, 0.3) is 11.8 Å². The van der Waals surface area contributed by atoms with Crippen LogP contribution in [0, 0.1) is 41.5 Å². The molecular formula is C31H34N2O3. The standard InChI is InChI=1S/C31H34N2O3/c1-9-36-31(35)29-24(8)33(26-12-11-19(3)20(4)15-26)30(34)27(29)17-25-16-22(6)32(23(25)7)28-13-10-18(2)14-21(28)5/h10-17H,9H2,1-8H3/b27-17-. The predicted octanol–water partition coefficient (Wildman–Crippen LogP) is 6.60. The summed E-state index contributed by atoms with van der Waals surface area (Å²) < 4.78 is 7.57. The second-order valence-electron chi connectivity index (χ2n) is 9.60. The minimum atomic E-state index is -0.482. The van der Waals surface area contributed by atoms with Crippen LogP contribution in [0.15, 0.2) is 59.3 Å². The summed E-state index contributed by atoms with van der Waals surface area (Å²) in [6.45, 7) is 16.2. The molecule has 0 fully saturated rings. The van der Waals surface area contributed by atoms with Crippen molar-refractivity contribution in [3.8, 4) is 5.69 Å². The highest BCUT2D eigenvalue weighted by molar-refractivity contribution is 6.24. The van der Waals surface area contributed by atoms with Gasteiger partial charge in [0, 0.05) is 28.5 Å². The Kier molecular flexibility index (Phi) is 6.77. The molecule has 3 aromatic rings. The summed E-state index contributed by atoms with van der Waals surface area (Å²) in [4.78, 5) is 28.5. The molecule has 2 heterocycles. The van der Waals surface area contributed by atoms with E-state index in [1.807, 2.05) is 45.0 Å². The molecule has 1 aliphatic heterocycles. The second-order valence-corrected chi connectivity index (χ2v) is 9.60. The Morgan fingerprint density at radius 2 is 1.61 bits per heavy atom. The molecule has 5 heteroatoms. The first-order valence-corrected chi connectivity index (χ1v) is 12.3. The number of hydrogen-bond donors (Lipinski definition) is 0. The smallest absolute Gasteiger partial charge is 0.340 e. The van der Waals surface area contributed by atoms with E-state index in [0.29, 0.717) is 16.8 Å². The number of carbonyl (C=O) groups is 2. The van der Waals surface area contributed by atoms with E-state index in [-0.39, 0.29) is 12.5 Å². The number of hydrogen-bond acceptors (Lipinski definition) is 3. The number of aromatic nitrogens is 1. The molecule has 0 N–H and O–H groups in total. The van der Waals surface area contributed by atoms with Crippen LogP contribution in [0.2, 0.25) is 0 Å². The maximum atomic E-state index is 13.8. The molecule has 1 aromatic heterocycles. The molecule has 186 valence electrons. The number of ether oxygens (including phenoxy) is 1. The zero-order chi connectivity index (χ0) is 26.3. The fourth-order valence-corrected chi connectivity index (χ4v) is 4.97. The van der Waals surface area contributed by atoms with Gasteiger partial charge < -0.3 is 9.30 Å². The van der Waals surface area contributed by atoms with E-state index < -0.39 is 5.97 Å². The largest absolute Gasteiger partial charge is 0.462 e. The Bertz CT molecular complexity index is 1450. The van der Waals surface area contributed by atoms with E-state index in [9.17, 15) is 9.59 Å². The zero-order valence-corrected chi connectivity index (χ0v) is 22.4. The normalized spacial score (nSPS) is 14.8. The Balaban J connectivity index is 1.87. The number of rotatable bonds is 5. The Labute approximate surface area is 213 Å². The van der Waals surface area contributed by atoms with Crippen LogP contribution in [0.3, 0.4) is 0 Å². The van der Waals surface area contributed by atoms with Gasteiger partial charge in [-0.25, -0.2) is 4.79 Å². The topological polar surface area (TPSA) is 51.5 Å². The predicted molar refractivity (Wildman–Crippen MR) is 145 cm³/mol. The maximum Gasteiger partial charge on any atom is 0.340 e. The molecule has 0 radical (unpaired) electrons. The number of nitrogens with zero attached hydrogens (tertiary/aromatic N) is 2. The van der Waals surface area contributed by atoms with Gasteiger partial charge in [-0.05, 0) is 108 Å². The molecule has 1 aliphatic rings. The van der Waals surface area contributed by atoms with Crippen molar-refractivity contribution in [3.63, 3.8) is 0 Å². The van der Waals surface area contributed by atoms with Gasteiger partial charge in [-0.15, -0.1) is 0 Å². The molecule has 0 atom stereocenters. The van der Waals surface area contributed by atoms with Crippen LogP contribution in [0.5, 0.6) is 0 Å². The van der Waals surface area contributed by atoms with E-state index >= 15 is 0 Å². The van der Waals surface area contributed by atoms with Crippen molar-refractivity contribution >= 4 is 23.6 Å². The van der Waals surface area contributed by atoms with Crippen LogP contribution in [-0.2, 0) is 14.3 Å². The zero-order valence-electron chi connectivity index (χ0n) is 22.4. The minimum Gasteiger partial charge on any atom is -0.462 e. The first-order chi connectivity index (χ1) is 17.0. The van der Waals surface area contributed by atoms with Gasteiger partial charge in [-0.3, -0.25) is 9.69 Å². The van der Waals surface area contributed by atoms with Crippen molar-refractivity contribution in [2.24, 2.45) is 0 Å². The molecule has 0 saturated heterocycles. The summed E-state index contributed by atoms with van der Waals surface area (Å²) in [6.07, 6.45) is 1.83. The van der Waals surface area contributed by atoms with Gasteiger partial charge in [0.05, 0.1) is 17.8 Å². The molecule has 0 aliphatic carbocycles. The summed E-state index contributed by atoms with van der Waals surface area (Å²) in [5.41, 5.74) is 10.7. The van der Waals surface area contributed by atoms with Crippen LogP contribution in [0.4, 0.5) is 5.69 Å². The quantitative estimate of drug-likeness (QED) is 0.304. The third-order valence-corrected chi connectivity index (χ3v) is 6.99. The first kappa shape index (κ1) is 25.2. The van der Waals surface area contributed by atoms with Crippen molar-refractivity contribution in [1.29, 1.82) is 0 Å². The minimum absolute atomic E-state index is 0.227. The molecule has 0 saturated carbocycles. The maximum absolute atomic E-state index is 13.8. The number of benzene rings is 2. The van der Waals surface area contributed by atoms with Gasteiger partial charge in [0.1, 0.15) is 0 Å². The summed E-state index contributed by atoms with van der Waals surface area (Å²) in [6, 6.07) is 14.3. The molecule has 5 nitrogen and oxygen atoms in total. The van der Waals surface area contributed by atoms with Crippen molar-refractivity contribution in [1.82, 2.24) is 4.57 Å². The Morgan fingerprint density at radius 3 is 2.25 bits per heavy atom. The molecule has 2 aromatic carbocycles. The summed E-state index contributed by atoms with van der Waals surface area (Å²) in [5.74, 6) is -0.709. The molecule has 36 heavy (non-hydrogen) atoms. The van der Waals surface area contributed by atoms with Crippen molar-refractivity contribution < 1.29 is 14.3 Å². The van der Waals surface area contributed by atoms with Gasteiger partial charge in [-0.2, -0.15) is 0 Å². The van der Waals surface area contributed by atoms with E-state index in [2.05, 4.69) is 49.6 Å². The summed E-state index contributed by atoms with van der Waals surface area (Å²) in [7, 11) is 0. The SMILES string of the molecule is CCOC(=O)C1=C(C)N(c2ccc(C)c(C)c2)C(=O)/C1=C\c1cc(C)n(-c2ccc(C)cc2C)c1C. The second kappa shape index (κ2) is 9.65.